The molecule has 156 valence electrons. The summed E-state index contributed by atoms with van der Waals surface area (Å²) in [4.78, 5) is 15.9. The van der Waals surface area contributed by atoms with E-state index in [-0.39, 0.29) is 30.5 Å². The van der Waals surface area contributed by atoms with Gasteiger partial charge in [-0.05, 0) is 54.7 Å². The molecule has 0 amide bonds. The quantitative estimate of drug-likeness (QED) is 0.554. The number of alkyl halides is 3. The standard InChI is InChI=1S/C21H17F3N2O4/c22-21(23,24)16-6-2-5-15(9-16)20-25-18(30-26-20)11-29-19(27)12-28-17-8-7-13-3-1-4-14(13)10-17/h2,5-10H,1,3-4,11-12H2. The van der Waals surface area contributed by atoms with Crippen LogP contribution in [0.1, 0.15) is 29.0 Å². The Kier molecular flexibility index (Phi) is 5.43. The molecule has 0 unspecified atom stereocenters. The second kappa shape index (κ2) is 8.17. The van der Waals surface area contributed by atoms with Crippen LogP contribution in [0, 0.1) is 0 Å². The number of hydrogen-bond donors (Lipinski definition) is 0. The lowest BCUT2D eigenvalue weighted by Crippen LogP contribution is -2.15. The van der Waals surface area contributed by atoms with Gasteiger partial charge >= 0.3 is 12.1 Å². The Balaban J connectivity index is 1.30. The van der Waals surface area contributed by atoms with Crippen molar-refractivity contribution in [2.75, 3.05) is 6.61 Å². The average Bonchev–Trinajstić information content (AvgIpc) is 3.39. The molecule has 2 aromatic carbocycles. The van der Waals surface area contributed by atoms with E-state index in [9.17, 15) is 18.0 Å². The Morgan fingerprint density at radius 1 is 1.10 bits per heavy atom. The third-order valence-corrected chi connectivity index (χ3v) is 4.70. The van der Waals surface area contributed by atoms with Gasteiger partial charge in [-0.3, -0.25) is 0 Å². The zero-order chi connectivity index (χ0) is 21.1. The van der Waals surface area contributed by atoms with E-state index in [4.69, 9.17) is 14.0 Å². The van der Waals surface area contributed by atoms with E-state index in [1.165, 1.54) is 23.3 Å². The topological polar surface area (TPSA) is 74.5 Å². The summed E-state index contributed by atoms with van der Waals surface area (Å²) in [6, 6.07) is 10.3. The minimum atomic E-state index is -4.48. The molecule has 1 aliphatic rings. The third kappa shape index (κ3) is 4.61. The fourth-order valence-corrected chi connectivity index (χ4v) is 3.23. The number of carbonyl (C=O) groups is 1. The zero-order valence-corrected chi connectivity index (χ0v) is 15.7. The number of esters is 1. The fraction of sp³-hybridized carbons (Fsp3) is 0.286. The highest BCUT2D eigenvalue weighted by Crippen LogP contribution is 2.31. The first-order chi connectivity index (χ1) is 14.4. The Hall–Kier alpha value is -3.36. The Morgan fingerprint density at radius 3 is 2.77 bits per heavy atom. The van der Waals surface area contributed by atoms with E-state index >= 15 is 0 Å². The SMILES string of the molecule is O=C(COc1ccc2c(c1)CCC2)OCc1nc(-c2cccc(C(F)(F)F)c2)no1. The van der Waals surface area contributed by atoms with E-state index in [1.54, 1.807) is 0 Å². The lowest BCUT2D eigenvalue weighted by Gasteiger charge is -2.07. The zero-order valence-electron chi connectivity index (χ0n) is 15.7. The number of rotatable bonds is 6. The molecule has 1 aliphatic carbocycles. The second-order valence-electron chi connectivity index (χ2n) is 6.82. The van der Waals surface area contributed by atoms with E-state index in [0.29, 0.717) is 5.75 Å². The summed E-state index contributed by atoms with van der Waals surface area (Å²) in [5.74, 6) is -0.0960. The van der Waals surface area contributed by atoms with Gasteiger partial charge in [-0.2, -0.15) is 18.2 Å². The van der Waals surface area contributed by atoms with Crippen LogP contribution >= 0.6 is 0 Å². The van der Waals surface area contributed by atoms with Gasteiger partial charge in [0.1, 0.15) is 5.75 Å². The highest BCUT2D eigenvalue weighted by Gasteiger charge is 2.30. The van der Waals surface area contributed by atoms with Crippen LogP contribution in [0.25, 0.3) is 11.4 Å². The van der Waals surface area contributed by atoms with Crippen molar-refractivity contribution in [2.24, 2.45) is 0 Å². The molecule has 3 aromatic rings. The average molecular weight is 418 g/mol. The van der Waals surface area contributed by atoms with Gasteiger partial charge in [0.05, 0.1) is 5.56 Å². The minimum Gasteiger partial charge on any atom is -0.482 e. The Labute approximate surface area is 169 Å². The highest BCUT2D eigenvalue weighted by atomic mass is 19.4. The number of nitrogens with zero attached hydrogens (tertiary/aromatic N) is 2. The molecule has 1 heterocycles. The highest BCUT2D eigenvalue weighted by molar-refractivity contribution is 5.71. The number of hydrogen-bond acceptors (Lipinski definition) is 6. The molecule has 6 nitrogen and oxygen atoms in total. The van der Waals surface area contributed by atoms with Crippen LogP contribution in [0.3, 0.4) is 0 Å². The first-order valence-corrected chi connectivity index (χ1v) is 9.29. The van der Waals surface area contributed by atoms with E-state index < -0.39 is 17.7 Å². The molecule has 1 aromatic heterocycles. The van der Waals surface area contributed by atoms with Gasteiger partial charge in [-0.1, -0.05) is 23.4 Å². The van der Waals surface area contributed by atoms with Gasteiger partial charge in [0, 0.05) is 5.56 Å². The number of benzene rings is 2. The summed E-state index contributed by atoms with van der Waals surface area (Å²) in [5.41, 5.74) is 1.86. The summed E-state index contributed by atoms with van der Waals surface area (Å²) in [5, 5.41) is 3.64. The molecule has 0 fully saturated rings. The number of aromatic nitrogens is 2. The maximum atomic E-state index is 12.8. The first-order valence-electron chi connectivity index (χ1n) is 9.29. The molecule has 0 bridgehead atoms. The predicted molar refractivity (Wildman–Crippen MR) is 98.5 cm³/mol. The number of halogens is 3. The fourth-order valence-electron chi connectivity index (χ4n) is 3.23. The Morgan fingerprint density at radius 2 is 1.93 bits per heavy atom. The normalized spacial score (nSPS) is 13.2. The monoisotopic (exact) mass is 418 g/mol. The number of carbonyl (C=O) groups excluding carboxylic acids is 1. The van der Waals surface area contributed by atoms with Crippen molar-refractivity contribution in [2.45, 2.75) is 32.0 Å². The van der Waals surface area contributed by atoms with E-state index in [0.717, 1.165) is 31.4 Å². The van der Waals surface area contributed by atoms with Crippen LogP contribution in [0.5, 0.6) is 5.75 Å². The number of aryl methyl sites for hydroxylation is 2. The minimum absolute atomic E-state index is 0.0264. The van der Waals surface area contributed by atoms with Crippen LogP contribution in [0.2, 0.25) is 0 Å². The molecular weight excluding hydrogens is 401 g/mol. The van der Waals surface area contributed by atoms with Crippen LogP contribution in [0.4, 0.5) is 13.2 Å². The molecule has 0 saturated heterocycles. The van der Waals surface area contributed by atoms with Gasteiger partial charge in [0.2, 0.25) is 5.82 Å². The van der Waals surface area contributed by atoms with Crippen molar-refractivity contribution in [3.8, 4) is 17.1 Å². The molecular formula is C21H17F3N2O4. The summed E-state index contributed by atoms with van der Waals surface area (Å²) in [6.45, 7) is -0.592. The molecule has 0 spiro atoms. The Bertz CT molecular complexity index is 1060. The summed E-state index contributed by atoms with van der Waals surface area (Å²) < 4.78 is 53.9. The van der Waals surface area contributed by atoms with Crippen molar-refractivity contribution in [3.05, 3.63) is 65.0 Å². The molecule has 0 radical (unpaired) electrons. The van der Waals surface area contributed by atoms with Crippen LogP contribution in [-0.4, -0.2) is 22.7 Å². The second-order valence-corrected chi connectivity index (χ2v) is 6.82. The van der Waals surface area contributed by atoms with E-state index in [1.807, 2.05) is 18.2 Å². The van der Waals surface area contributed by atoms with Crippen molar-refractivity contribution in [3.63, 3.8) is 0 Å². The maximum absolute atomic E-state index is 12.8. The molecule has 0 aliphatic heterocycles. The van der Waals surface area contributed by atoms with Crippen molar-refractivity contribution >= 4 is 5.97 Å². The largest absolute Gasteiger partial charge is 0.482 e. The molecule has 0 atom stereocenters. The van der Waals surface area contributed by atoms with Crippen LogP contribution in [0.15, 0.2) is 47.0 Å². The van der Waals surface area contributed by atoms with Crippen molar-refractivity contribution < 1.29 is 32.0 Å². The third-order valence-electron chi connectivity index (χ3n) is 4.70. The van der Waals surface area contributed by atoms with Crippen LogP contribution in [-0.2, 0) is 35.2 Å². The molecule has 9 heteroatoms. The van der Waals surface area contributed by atoms with Gasteiger partial charge in [-0.15, -0.1) is 0 Å². The lowest BCUT2D eigenvalue weighted by molar-refractivity contribution is -0.148. The van der Waals surface area contributed by atoms with Crippen molar-refractivity contribution in [1.82, 2.24) is 10.1 Å². The number of ether oxygens (including phenoxy) is 2. The lowest BCUT2D eigenvalue weighted by atomic mass is 10.1. The first kappa shape index (κ1) is 19.9. The van der Waals surface area contributed by atoms with Gasteiger partial charge in [0.25, 0.3) is 5.89 Å². The molecule has 30 heavy (non-hydrogen) atoms. The summed E-state index contributed by atoms with van der Waals surface area (Å²) >= 11 is 0. The van der Waals surface area contributed by atoms with Crippen molar-refractivity contribution in [1.29, 1.82) is 0 Å². The number of fused-ring (bicyclic) bond motifs is 1. The van der Waals surface area contributed by atoms with Gasteiger partial charge in [-0.25, -0.2) is 4.79 Å². The summed E-state index contributed by atoms with van der Waals surface area (Å²) in [7, 11) is 0. The van der Waals surface area contributed by atoms with Gasteiger partial charge in [0.15, 0.2) is 13.2 Å². The predicted octanol–water partition coefficient (Wildman–Crippen LogP) is 4.37. The summed E-state index contributed by atoms with van der Waals surface area (Å²) in [6.07, 6.45) is -1.29. The molecule has 4 rings (SSSR count). The van der Waals surface area contributed by atoms with Crippen LogP contribution < -0.4 is 4.74 Å². The maximum Gasteiger partial charge on any atom is 0.416 e. The smallest absolute Gasteiger partial charge is 0.416 e. The van der Waals surface area contributed by atoms with Gasteiger partial charge < -0.3 is 14.0 Å². The van der Waals surface area contributed by atoms with E-state index in [2.05, 4.69) is 10.1 Å². The molecule has 0 N–H and O–H groups in total. The molecule has 0 saturated carbocycles.